The van der Waals surface area contributed by atoms with Crippen molar-refractivity contribution < 1.29 is 9.53 Å². The van der Waals surface area contributed by atoms with Gasteiger partial charge in [0.2, 0.25) is 6.10 Å². The molecule has 0 spiro atoms. The maximum Gasteiger partial charge on any atom is 0.300 e. The van der Waals surface area contributed by atoms with Gasteiger partial charge in [-0.3, -0.25) is 10.1 Å². The summed E-state index contributed by atoms with van der Waals surface area (Å²) in [6.45, 7) is 0. The van der Waals surface area contributed by atoms with Crippen LogP contribution in [0.3, 0.4) is 0 Å². The van der Waals surface area contributed by atoms with Crippen LogP contribution in [0.1, 0.15) is 11.7 Å². The van der Waals surface area contributed by atoms with Crippen molar-refractivity contribution in [2.24, 2.45) is 10.7 Å². The number of benzene rings is 1. The molecule has 1 aromatic rings. The molecule has 1 atom stereocenters. The summed E-state index contributed by atoms with van der Waals surface area (Å²) in [6, 6.07) is 9.16. The molecule has 1 aliphatic heterocycles. The first-order chi connectivity index (χ1) is 7.66. The number of carbonyl (C=O) groups is 1. The van der Waals surface area contributed by atoms with Crippen molar-refractivity contribution in [2.75, 3.05) is 0 Å². The average Bonchev–Trinajstić information content (AvgIpc) is 2.60. The molecule has 1 fully saturated rings. The van der Waals surface area contributed by atoms with Gasteiger partial charge in [-0.05, 0) is 12.2 Å². The molecule has 5 nitrogen and oxygen atoms in total. The Morgan fingerprint density at radius 2 is 2.12 bits per heavy atom. The van der Waals surface area contributed by atoms with Crippen LogP contribution in [0.4, 0.5) is 0 Å². The molecular weight excluding hydrogens is 226 g/mol. The summed E-state index contributed by atoms with van der Waals surface area (Å²) in [5, 5.41) is 2.38. The van der Waals surface area contributed by atoms with Gasteiger partial charge in [-0.1, -0.05) is 30.3 Å². The number of nitrogens with one attached hydrogen (secondary N) is 1. The lowest BCUT2D eigenvalue weighted by atomic mass is 10.1. The Morgan fingerprint density at radius 1 is 1.44 bits per heavy atom. The maximum absolute atomic E-state index is 11.6. The van der Waals surface area contributed by atoms with E-state index in [0.717, 1.165) is 5.56 Å². The molecule has 16 heavy (non-hydrogen) atoms. The van der Waals surface area contributed by atoms with E-state index in [1.807, 2.05) is 18.2 Å². The lowest BCUT2D eigenvalue weighted by Crippen LogP contribution is -2.23. The monoisotopic (exact) mass is 235 g/mol. The third kappa shape index (κ3) is 2.17. The first-order valence-corrected chi connectivity index (χ1v) is 4.98. The third-order valence-electron chi connectivity index (χ3n) is 2.01. The second-order valence-electron chi connectivity index (χ2n) is 3.15. The summed E-state index contributed by atoms with van der Waals surface area (Å²) >= 11 is 4.59. The van der Waals surface area contributed by atoms with E-state index in [1.165, 1.54) is 0 Å². The molecule has 0 aliphatic carbocycles. The molecule has 0 bridgehead atoms. The van der Waals surface area contributed by atoms with Gasteiger partial charge in [0.25, 0.3) is 11.9 Å². The molecular formula is C10H9N3O2S. The predicted molar refractivity (Wildman–Crippen MR) is 62.6 cm³/mol. The van der Waals surface area contributed by atoms with E-state index in [2.05, 4.69) is 22.5 Å². The fraction of sp³-hybridized carbons (Fsp3) is 0.100. The van der Waals surface area contributed by atoms with E-state index in [4.69, 9.17) is 10.5 Å². The number of hydrogen-bond acceptors (Lipinski definition) is 3. The molecule has 3 N–H and O–H groups in total. The molecule has 1 aliphatic rings. The van der Waals surface area contributed by atoms with Crippen LogP contribution in [0.25, 0.3) is 0 Å². The predicted octanol–water partition coefficient (Wildman–Crippen LogP) is 0.474. The van der Waals surface area contributed by atoms with Crippen LogP contribution < -0.4 is 11.1 Å². The highest BCUT2D eigenvalue weighted by Gasteiger charge is 2.32. The van der Waals surface area contributed by atoms with Gasteiger partial charge < -0.3 is 10.5 Å². The third-order valence-corrected chi connectivity index (χ3v) is 2.10. The van der Waals surface area contributed by atoms with Crippen molar-refractivity contribution in [3.63, 3.8) is 0 Å². The second kappa shape index (κ2) is 4.28. The number of ether oxygens (including phenoxy) is 1. The van der Waals surface area contributed by atoms with Crippen LogP contribution in [0.5, 0.6) is 0 Å². The summed E-state index contributed by atoms with van der Waals surface area (Å²) in [5.74, 6) is -0.277. The van der Waals surface area contributed by atoms with Crippen molar-refractivity contribution in [3.05, 3.63) is 35.9 Å². The Labute approximate surface area is 97.3 Å². The van der Waals surface area contributed by atoms with Crippen LogP contribution in [0.15, 0.2) is 35.3 Å². The van der Waals surface area contributed by atoms with E-state index < -0.39 is 6.10 Å². The van der Waals surface area contributed by atoms with E-state index in [1.54, 1.807) is 12.1 Å². The number of hydrogen-bond donors (Lipinski definition) is 2. The number of nitrogens with two attached hydrogens (primary N) is 1. The molecule has 0 aromatic heterocycles. The topological polar surface area (TPSA) is 76.7 Å². The van der Waals surface area contributed by atoms with E-state index in [9.17, 15) is 4.79 Å². The van der Waals surface area contributed by atoms with Crippen LogP contribution in [-0.2, 0) is 9.53 Å². The zero-order chi connectivity index (χ0) is 11.5. The number of nitrogens with zero attached hydrogens (tertiary/aromatic N) is 1. The molecule has 1 amide bonds. The maximum atomic E-state index is 11.6. The highest BCUT2D eigenvalue weighted by molar-refractivity contribution is 7.80. The standard InChI is InChI=1S/C10H9N3O2S/c11-9(16)13-10-12-8(14)7(15-10)6-4-2-1-3-5-6/h1-5,7H,(H3,11,12,13,14,16). The average molecular weight is 235 g/mol. The lowest BCUT2D eigenvalue weighted by Gasteiger charge is -2.05. The summed E-state index contributed by atoms with van der Waals surface area (Å²) in [4.78, 5) is 15.2. The van der Waals surface area contributed by atoms with Gasteiger partial charge in [-0.15, -0.1) is 0 Å². The van der Waals surface area contributed by atoms with Crippen molar-refractivity contribution >= 4 is 29.3 Å². The van der Waals surface area contributed by atoms with Gasteiger partial charge in [-0.2, -0.15) is 4.99 Å². The van der Waals surface area contributed by atoms with E-state index in [0.29, 0.717) is 0 Å². The van der Waals surface area contributed by atoms with E-state index >= 15 is 0 Å². The van der Waals surface area contributed by atoms with E-state index in [-0.39, 0.29) is 17.0 Å². The molecule has 1 heterocycles. The Morgan fingerprint density at radius 3 is 2.75 bits per heavy atom. The second-order valence-corrected chi connectivity index (χ2v) is 3.57. The minimum absolute atomic E-state index is 0.0475. The molecule has 1 aromatic carbocycles. The minimum atomic E-state index is -0.686. The highest BCUT2D eigenvalue weighted by Crippen LogP contribution is 2.21. The highest BCUT2D eigenvalue weighted by atomic mass is 32.1. The quantitative estimate of drug-likeness (QED) is 0.694. The van der Waals surface area contributed by atoms with Gasteiger partial charge in [0.05, 0.1) is 0 Å². The fourth-order valence-corrected chi connectivity index (χ4v) is 1.45. The summed E-state index contributed by atoms with van der Waals surface area (Å²) in [6.07, 6.45) is -0.686. The zero-order valence-electron chi connectivity index (χ0n) is 8.21. The minimum Gasteiger partial charge on any atom is -0.446 e. The number of aliphatic imine (C=N–C) groups is 1. The number of amidine groups is 1. The van der Waals surface area contributed by atoms with Gasteiger partial charge in [0.1, 0.15) is 0 Å². The molecule has 2 rings (SSSR count). The van der Waals surface area contributed by atoms with Crippen molar-refractivity contribution in [3.8, 4) is 0 Å². The number of carbonyl (C=O) groups excluding carboxylic acids is 1. The van der Waals surface area contributed by atoms with Crippen LogP contribution >= 0.6 is 12.2 Å². The SMILES string of the molecule is NC(=S)/N=C1\NC(=O)C(c2ccccc2)O1. The van der Waals surface area contributed by atoms with Gasteiger partial charge >= 0.3 is 0 Å². The zero-order valence-corrected chi connectivity index (χ0v) is 9.03. The molecule has 1 saturated heterocycles. The first-order valence-electron chi connectivity index (χ1n) is 4.57. The molecule has 0 radical (unpaired) electrons. The summed E-state index contributed by atoms with van der Waals surface area (Å²) in [7, 11) is 0. The molecule has 82 valence electrons. The Hall–Kier alpha value is -1.95. The Balaban J connectivity index is 2.21. The summed E-state index contributed by atoms with van der Waals surface area (Å²) < 4.78 is 5.29. The van der Waals surface area contributed by atoms with Gasteiger partial charge in [-0.25, -0.2) is 0 Å². The van der Waals surface area contributed by atoms with Gasteiger partial charge in [0.15, 0.2) is 5.11 Å². The molecule has 6 heteroatoms. The van der Waals surface area contributed by atoms with Crippen LogP contribution in [0, 0.1) is 0 Å². The lowest BCUT2D eigenvalue weighted by molar-refractivity contribution is -0.123. The van der Waals surface area contributed by atoms with Crippen LogP contribution in [-0.4, -0.2) is 17.0 Å². The summed E-state index contributed by atoms with van der Waals surface area (Å²) in [5.41, 5.74) is 5.97. The Bertz CT molecular complexity index is 458. The van der Waals surface area contributed by atoms with Crippen molar-refractivity contribution in [1.82, 2.24) is 5.32 Å². The normalized spacial score (nSPS) is 21.6. The Kier molecular flexibility index (Phi) is 2.82. The largest absolute Gasteiger partial charge is 0.446 e. The molecule has 1 unspecified atom stereocenters. The molecule has 0 saturated carbocycles. The van der Waals surface area contributed by atoms with Crippen molar-refractivity contribution in [1.29, 1.82) is 0 Å². The number of amides is 1. The van der Waals surface area contributed by atoms with Crippen molar-refractivity contribution in [2.45, 2.75) is 6.10 Å². The van der Waals surface area contributed by atoms with Gasteiger partial charge in [0, 0.05) is 5.56 Å². The first kappa shape index (κ1) is 10.6. The van der Waals surface area contributed by atoms with Crippen LogP contribution in [0.2, 0.25) is 0 Å². The fourth-order valence-electron chi connectivity index (χ4n) is 1.37. The smallest absolute Gasteiger partial charge is 0.300 e. The number of thiocarbonyl (C=S) groups is 1. The number of rotatable bonds is 1.